The lowest BCUT2D eigenvalue weighted by molar-refractivity contribution is 0.0672. The van der Waals surface area contributed by atoms with Crippen molar-refractivity contribution < 1.29 is 4.74 Å². The van der Waals surface area contributed by atoms with E-state index < -0.39 is 0 Å². The van der Waals surface area contributed by atoms with Crippen LogP contribution in [0.15, 0.2) is 11.6 Å². The Morgan fingerprint density at radius 3 is 3.08 bits per heavy atom. The van der Waals surface area contributed by atoms with Crippen molar-refractivity contribution in [2.75, 3.05) is 19.8 Å². The van der Waals surface area contributed by atoms with E-state index in [2.05, 4.69) is 13.0 Å². The molecule has 0 amide bonds. The minimum absolute atomic E-state index is 0.658. The minimum Gasteiger partial charge on any atom is -0.381 e. The highest BCUT2D eigenvalue weighted by molar-refractivity contribution is 5.04. The van der Waals surface area contributed by atoms with Gasteiger partial charge >= 0.3 is 0 Å². The van der Waals surface area contributed by atoms with Crippen LogP contribution in [0.25, 0.3) is 0 Å². The molecule has 1 fully saturated rings. The van der Waals surface area contributed by atoms with Crippen LogP contribution in [0, 0.1) is 5.92 Å². The molecule has 1 heterocycles. The Bertz CT molecular complexity index is 148. The molecule has 0 aromatic heterocycles. The number of rotatable bonds is 3. The molecular formula is C10H19NO. The van der Waals surface area contributed by atoms with Gasteiger partial charge in [-0.2, -0.15) is 0 Å². The molecule has 0 aromatic carbocycles. The van der Waals surface area contributed by atoms with Crippen molar-refractivity contribution in [3.63, 3.8) is 0 Å². The van der Waals surface area contributed by atoms with Gasteiger partial charge < -0.3 is 10.5 Å². The topological polar surface area (TPSA) is 35.2 Å². The second-order valence-electron chi connectivity index (χ2n) is 3.44. The number of hydrogen-bond acceptors (Lipinski definition) is 2. The Labute approximate surface area is 74.8 Å². The Morgan fingerprint density at radius 1 is 1.67 bits per heavy atom. The number of nitrogens with two attached hydrogens (primary N) is 1. The fourth-order valence-electron chi connectivity index (χ4n) is 1.58. The van der Waals surface area contributed by atoms with Gasteiger partial charge in [-0.05, 0) is 32.7 Å². The van der Waals surface area contributed by atoms with Gasteiger partial charge in [0.1, 0.15) is 0 Å². The lowest BCUT2D eigenvalue weighted by atomic mass is 9.94. The summed E-state index contributed by atoms with van der Waals surface area (Å²) >= 11 is 0. The maximum Gasteiger partial charge on any atom is 0.0531 e. The van der Waals surface area contributed by atoms with Crippen molar-refractivity contribution in [1.82, 2.24) is 0 Å². The van der Waals surface area contributed by atoms with Gasteiger partial charge in [0.15, 0.2) is 0 Å². The normalized spacial score (nSPS) is 25.8. The zero-order valence-corrected chi connectivity index (χ0v) is 7.88. The maximum absolute atomic E-state index is 5.43. The molecule has 2 N–H and O–H groups in total. The molecule has 1 unspecified atom stereocenters. The number of ether oxygens (including phenoxy) is 1. The maximum atomic E-state index is 5.43. The molecule has 12 heavy (non-hydrogen) atoms. The molecule has 0 radical (unpaired) electrons. The van der Waals surface area contributed by atoms with Gasteiger partial charge in [-0.1, -0.05) is 11.6 Å². The zero-order valence-electron chi connectivity index (χ0n) is 7.88. The molecule has 1 aliphatic heterocycles. The molecular weight excluding hydrogens is 150 g/mol. The summed E-state index contributed by atoms with van der Waals surface area (Å²) in [5.41, 5.74) is 6.89. The van der Waals surface area contributed by atoms with Gasteiger partial charge in [0.05, 0.1) is 6.61 Å². The highest BCUT2D eigenvalue weighted by atomic mass is 16.5. The Kier molecular flexibility index (Phi) is 4.33. The van der Waals surface area contributed by atoms with Crippen LogP contribution >= 0.6 is 0 Å². The summed E-state index contributed by atoms with van der Waals surface area (Å²) in [5.74, 6) is 0.658. The minimum atomic E-state index is 0.658. The summed E-state index contributed by atoms with van der Waals surface area (Å²) in [7, 11) is 0. The predicted molar refractivity (Wildman–Crippen MR) is 51.0 cm³/mol. The first-order chi connectivity index (χ1) is 5.84. The highest BCUT2D eigenvalue weighted by Crippen LogP contribution is 2.21. The monoisotopic (exact) mass is 169 g/mol. The van der Waals surface area contributed by atoms with E-state index in [0.717, 1.165) is 26.2 Å². The molecule has 0 bridgehead atoms. The van der Waals surface area contributed by atoms with Crippen molar-refractivity contribution in [3.8, 4) is 0 Å². The lowest BCUT2D eigenvalue weighted by Crippen LogP contribution is -2.18. The average Bonchev–Trinajstić information content (AvgIpc) is 2.15. The Hall–Kier alpha value is -0.340. The van der Waals surface area contributed by atoms with Crippen LogP contribution in [-0.2, 0) is 4.74 Å². The van der Waals surface area contributed by atoms with Crippen LogP contribution in [-0.4, -0.2) is 19.8 Å². The summed E-state index contributed by atoms with van der Waals surface area (Å²) in [6, 6.07) is 0. The summed E-state index contributed by atoms with van der Waals surface area (Å²) in [6.07, 6.45) is 5.74. The summed E-state index contributed by atoms with van der Waals surface area (Å²) < 4.78 is 5.41. The standard InChI is InChI=1S/C10H19NO/c1-9(4-2-6-11)10-5-3-7-12-8-10/h4,10H,2-3,5-8,11H2,1H3. The predicted octanol–water partition coefficient (Wildman–Crippen LogP) is 1.71. The van der Waals surface area contributed by atoms with Crippen molar-refractivity contribution in [2.45, 2.75) is 26.2 Å². The van der Waals surface area contributed by atoms with Crippen molar-refractivity contribution >= 4 is 0 Å². The largest absolute Gasteiger partial charge is 0.381 e. The Balaban J connectivity index is 2.33. The van der Waals surface area contributed by atoms with Crippen LogP contribution in [0.2, 0.25) is 0 Å². The van der Waals surface area contributed by atoms with Crippen molar-refractivity contribution in [2.24, 2.45) is 11.7 Å². The molecule has 1 saturated heterocycles. The van der Waals surface area contributed by atoms with E-state index in [1.807, 2.05) is 0 Å². The summed E-state index contributed by atoms with van der Waals surface area (Å²) in [6.45, 7) is 4.80. The van der Waals surface area contributed by atoms with Crippen LogP contribution in [0.3, 0.4) is 0 Å². The quantitative estimate of drug-likeness (QED) is 0.653. The third-order valence-corrected chi connectivity index (χ3v) is 2.44. The van der Waals surface area contributed by atoms with Crippen molar-refractivity contribution in [1.29, 1.82) is 0 Å². The SMILES string of the molecule is CC(=CCCN)C1CCCOC1. The van der Waals surface area contributed by atoms with E-state index in [0.29, 0.717) is 5.92 Å². The summed E-state index contributed by atoms with van der Waals surface area (Å²) in [5, 5.41) is 0. The highest BCUT2D eigenvalue weighted by Gasteiger charge is 2.14. The molecule has 2 heteroatoms. The fraction of sp³-hybridized carbons (Fsp3) is 0.800. The molecule has 1 atom stereocenters. The summed E-state index contributed by atoms with van der Waals surface area (Å²) in [4.78, 5) is 0. The van der Waals surface area contributed by atoms with Crippen LogP contribution in [0.4, 0.5) is 0 Å². The van der Waals surface area contributed by atoms with Gasteiger partial charge in [-0.25, -0.2) is 0 Å². The first-order valence-corrected chi connectivity index (χ1v) is 4.79. The molecule has 2 nitrogen and oxygen atoms in total. The Morgan fingerprint density at radius 2 is 2.50 bits per heavy atom. The molecule has 1 rings (SSSR count). The number of hydrogen-bond donors (Lipinski definition) is 1. The van der Waals surface area contributed by atoms with Crippen LogP contribution in [0.5, 0.6) is 0 Å². The van der Waals surface area contributed by atoms with E-state index in [-0.39, 0.29) is 0 Å². The van der Waals surface area contributed by atoms with E-state index >= 15 is 0 Å². The smallest absolute Gasteiger partial charge is 0.0531 e. The van der Waals surface area contributed by atoms with E-state index in [1.54, 1.807) is 0 Å². The van der Waals surface area contributed by atoms with E-state index in [4.69, 9.17) is 10.5 Å². The van der Waals surface area contributed by atoms with E-state index in [1.165, 1.54) is 18.4 Å². The third kappa shape index (κ3) is 2.95. The lowest BCUT2D eigenvalue weighted by Gasteiger charge is -2.22. The molecule has 0 spiro atoms. The zero-order chi connectivity index (χ0) is 8.81. The van der Waals surface area contributed by atoms with E-state index in [9.17, 15) is 0 Å². The molecule has 0 aliphatic carbocycles. The first kappa shape index (κ1) is 9.75. The van der Waals surface area contributed by atoms with Crippen LogP contribution < -0.4 is 5.73 Å². The molecule has 70 valence electrons. The third-order valence-electron chi connectivity index (χ3n) is 2.44. The molecule has 0 aromatic rings. The first-order valence-electron chi connectivity index (χ1n) is 4.79. The molecule has 0 saturated carbocycles. The molecule has 1 aliphatic rings. The second kappa shape index (κ2) is 5.33. The van der Waals surface area contributed by atoms with Gasteiger partial charge in [0, 0.05) is 12.5 Å². The second-order valence-corrected chi connectivity index (χ2v) is 3.44. The van der Waals surface area contributed by atoms with Gasteiger partial charge in [0.2, 0.25) is 0 Å². The van der Waals surface area contributed by atoms with Crippen LogP contribution in [0.1, 0.15) is 26.2 Å². The van der Waals surface area contributed by atoms with Gasteiger partial charge in [0.25, 0.3) is 0 Å². The van der Waals surface area contributed by atoms with Gasteiger partial charge in [-0.15, -0.1) is 0 Å². The van der Waals surface area contributed by atoms with Gasteiger partial charge in [-0.3, -0.25) is 0 Å². The average molecular weight is 169 g/mol. The van der Waals surface area contributed by atoms with Crippen molar-refractivity contribution in [3.05, 3.63) is 11.6 Å². The fourth-order valence-corrected chi connectivity index (χ4v) is 1.58.